The maximum Gasteiger partial charge on any atom is 0.0164 e. The summed E-state index contributed by atoms with van der Waals surface area (Å²) >= 11 is 2.07. The summed E-state index contributed by atoms with van der Waals surface area (Å²) in [5, 5.41) is 8.89. The molecule has 0 saturated carbocycles. The average Bonchev–Trinajstić information content (AvgIpc) is 3.32. The monoisotopic (exact) mass is 536 g/mol. The third kappa shape index (κ3) is 5.51. The molecule has 5 aromatic rings. The predicted octanol–water partition coefficient (Wildman–Crippen LogP) is 7.51. The first-order valence-corrected chi connectivity index (χ1v) is 16.5. The van der Waals surface area contributed by atoms with Crippen molar-refractivity contribution in [3.63, 3.8) is 0 Å². The van der Waals surface area contributed by atoms with Gasteiger partial charge in [-0.25, -0.2) is 0 Å². The molecule has 0 atom stereocenters. The molecule has 0 radical (unpaired) electrons. The van der Waals surface area contributed by atoms with Crippen LogP contribution >= 0.6 is 27.2 Å². The highest BCUT2D eigenvalue weighted by Gasteiger charge is 2.34. The molecule has 186 valence electrons. The zero-order chi connectivity index (χ0) is 25.8. The lowest BCUT2D eigenvalue weighted by Crippen LogP contribution is -2.36. The normalized spacial score (nSPS) is 11.7. The third-order valence-corrected chi connectivity index (χ3v) is 13.8. The minimum absolute atomic E-state index is 0.465. The van der Waals surface area contributed by atoms with Crippen molar-refractivity contribution in [2.24, 2.45) is 0 Å². The Morgan fingerprint density at radius 2 is 0.649 bits per heavy atom. The van der Waals surface area contributed by atoms with E-state index >= 15 is 0 Å². The molecule has 1 aromatic heterocycles. The van der Waals surface area contributed by atoms with E-state index in [2.05, 4.69) is 160 Å². The van der Waals surface area contributed by atoms with Crippen molar-refractivity contribution in [1.29, 1.82) is 0 Å². The van der Waals surface area contributed by atoms with Crippen LogP contribution in [0.1, 0.15) is 49.3 Å². The maximum absolute atomic E-state index is 2.38. The van der Waals surface area contributed by atoms with E-state index in [9.17, 15) is 0 Å². The zero-order valence-corrected chi connectivity index (χ0v) is 24.6. The van der Waals surface area contributed by atoms with Crippen molar-refractivity contribution in [1.82, 2.24) is 0 Å². The molecule has 0 aliphatic rings. The number of benzene rings is 4. The fourth-order valence-corrected chi connectivity index (χ4v) is 12.6. The molecule has 0 aliphatic carbocycles. The van der Waals surface area contributed by atoms with Crippen LogP contribution in [0.15, 0.2) is 121 Å². The van der Waals surface area contributed by atoms with E-state index in [1.807, 2.05) is 0 Å². The molecule has 0 unspecified atom stereocenters. The van der Waals surface area contributed by atoms with Gasteiger partial charge in [-0.1, -0.05) is 149 Å². The molecule has 0 amide bonds. The summed E-state index contributed by atoms with van der Waals surface area (Å²) in [4.78, 5) is 3.11. The van der Waals surface area contributed by atoms with E-state index in [-0.39, 0.29) is 0 Å². The zero-order valence-electron chi connectivity index (χ0n) is 22.0. The Morgan fingerprint density at radius 3 is 0.865 bits per heavy atom. The van der Waals surface area contributed by atoms with Gasteiger partial charge in [0.1, 0.15) is 0 Å². The Balaban J connectivity index is 1.89. The van der Waals surface area contributed by atoms with E-state index < -0.39 is 15.8 Å². The highest BCUT2D eigenvalue weighted by Crippen LogP contribution is 2.46. The van der Waals surface area contributed by atoms with Gasteiger partial charge in [-0.3, -0.25) is 0 Å². The van der Waals surface area contributed by atoms with E-state index in [1.54, 1.807) is 20.4 Å². The smallest absolute Gasteiger partial charge is 0.0164 e. The van der Waals surface area contributed by atoms with Crippen LogP contribution in [0.25, 0.3) is 0 Å². The van der Waals surface area contributed by atoms with Gasteiger partial charge >= 0.3 is 0 Å². The van der Waals surface area contributed by atoms with Crippen molar-refractivity contribution in [2.45, 2.75) is 39.5 Å². The van der Waals surface area contributed by atoms with Crippen molar-refractivity contribution in [3.05, 3.63) is 131 Å². The standard InChI is InChI=1S/C34H34P2S/c1-25(2)33-31(35(27-17-9-5-10-18-27)28-19-11-6-12-20-28)32(34(37-33)26(3)4)36(29-21-13-7-14-22-29)30-23-15-8-16-24-30/h5-26H,1-4H3. The summed E-state index contributed by atoms with van der Waals surface area (Å²) in [5.41, 5.74) is 0. The van der Waals surface area contributed by atoms with Crippen LogP contribution in [0.4, 0.5) is 0 Å². The summed E-state index contributed by atoms with van der Waals surface area (Å²) in [6, 6.07) is 44.9. The molecule has 5 rings (SSSR count). The van der Waals surface area contributed by atoms with Crippen LogP contribution in [0.2, 0.25) is 0 Å². The lowest BCUT2D eigenvalue weighted by atomic mass is 10.1. The summed E-state index contributed by atoms with van der Waals surface area (Å²) < 4.78 is 0. The van der Waals surface area contributed by atoms with Gasteiger partial charge in [-0.2, -0.15) is 0 Å². The first-order valence-electron chi connectivity index (χ1n) is 13.0. The Hall–Kier alpha value is -2.56. The van der Waals surface area contributed by atoms with Gasteiger partial charge in [0, 0.05) is 20.4 Å². The second-order valence-corrected chi connectivity index (χ2v) is 15.2. The summed E-state index contributed by atoms with van der Waals surface area (Å²) in [7, 11) is -1.42. The Labute approximate surface area is 228 Å². The number of hydrogen-bond donors (Lipinski definition) is 0. The van der Waals surface area contributed by atoms with Crippen molar-refractivity contribution >= 4 is 59.0 Å². The molecule has 0 nitrogen and oxygen atoms in total. The molecular weight excluding hydrogens is 502 g/mol. The summed E-state index contributed by atoms with van der Waals surface area (Å²) in [5.74, 6) is 0.930. The second-order valence-electron chi connectivity index (χ2n) is 9.85. The molecule has 0 saturated heterocycles. The maximum atomic E-state index is 2.38. The number of hydrogen-bond acceptors (Lipinski definition) is 1. The lowest BCUT2D eigenvalue weighted by Gasteiger charge is -2.28. The molecule has 0 fully saturated rings. The van der Waals surface area contributed by atoms with E-state index in [0.717, 1.165) is 0 Å². The fourth-order valence-electron chi connectivity index (χ4n) is 4.79. The predicted molar refractivity (Wildman–Crippen MR) is 170 cm³/mol. The Kier molecular flexibility index (Phi) is 8.36. The SMILES string of the molecule is CC(C)c1sc(C(C)C)c(P(c2ccccc2)c2ccccc2)c1P(c1ccccc1)c1ccccc1. The largest absolute Gasteiger partial charge is 0.143 e. The average molecular weight is 537 g/mol. The molecule has 4 aromatic carbocycles. The van der Waals surface area contributed by atoms with Gasteiger partial charge in [0.05, 0.1) is 0 Å². The molecule has 0 N–H and O–H groups in total. The molecule has 0 spiro atoms. The molecule has 0 bridgehead atoms. The first-order chi connectivity index (χ1) is 18.1. The minimum Gasteiger partial charge on any atom is -0.143 e. The molecule has 0 aliphatic heterocycles. The summed E-state index contributed by atoms with van der Waals surface area (Å²) in [6.45, 7) is 9.50. The van der Waals surface area contributed by atoms with Crippen LogP contribution < -0.4 is 31.8 Å². The number of thiophene rings is 1. The van der Waals surface area contributed by atoms with Crippen LogP contribution in [-0.2, 0) is 0 Å². The Bertz CT molecular complexity index is 1220. The van der Waals surface area contributed by atoms with E-state index in [0.29, 0.717) is 11.8 Å². The van der Waals surface area contributed by atoms with Crippen LogP contribution in [0.5, 0.6) is 0 Å². The minimum atomic E-state index is -0.711. The number of rotatable bonds is 8. The topological polar surface area (TPSA) is 0 Å². The molecule has 1 heterocycles. The first kappa shape index (κ1) is 26.1. The van der Waals surface area contributed by atoms with Gasteiger partial charge in [0.2, 0.25) is 0 Å². The van der Waals surface area contributed by atoms with Gasteiger partial charge in [-0.15, -0.1) is 11.3 Å². The summed E-state index contributed by atoms with van der Waals surface area (Å²) in [6.07, 6.45) is 0. The molecular formula is C34H34P2S. The molecule has 37 heavy (non-hydrogen) atoms. The third-order valence-electron chi connectivity index (χ3n) is 6.46. The van der Waals surface area contributed by atoms with Crippen LogP contribution in [-0.4, -0.2) is 0 Å². The highest BCUT2D eigenvalue weighted by molar-refractivity contribution is 7.86. The second kappa shape index (κ2) is 11.9. The molecule has 3 heteroatoms. The van der Waals surface area contributed by atoms with Gasteiger partial charge in [-0.05, 0) is 48.9 Å². The van der Waals surface area contributed by atoms with E-state index in [4.69, 9.17) is 0 Å². The van der Waals surface area contributed by atoms with E-state index in [1.165, 1.54) is 21.2 Å². The van der Waals surface area contributed by atoms with Crippen LogP contribution in [0, 0.1) is 0 Å². The quantitative estimate of drug-likeness (QED) is 0.180. The fraction of sp³-hybridized carbons (Fsp3) is 0.176. The van der Waals surface area contributed by atoms with Crippen molar-refractivity contribution in [2.75, 3.05) is 0 Å². The highest BCUT2D eigenvalue weighted by atomic mass is 32.1. The van der Waals surface area contributed by atoms with Crippen molar-refractivity contribution < 1.29 is 0 Å². The van der Waals surface area contributed by atoms with Crippen LogP contribution in [0.3, 0.4) is 0 Å². The van der Waals surface area contributed by atoms with Gasteiger partial charge in [0.25, 0.3) is 0 Å². The van der Waals surface area contributed by atoms with Gasteiger partial charge in [0.15, 0.2) is 0 Å². The lowest BCUT2D eigenvalue weighted by molar-refractivity contribution is 0.891. The van der Waals surface area contributed by atoms with Crippen molar-refractivity contribution in [3.8, 4) is 0 Å². The Morgan fingerprint density at radius 1 is 0.405 bits per heavy atom. The van der Waals surface area contributed by atoms with Gasteiger partial charge < -0.3 is 0 Å².